The van der Waals surface area contributed by atoms with Crippen LogP contribution in [0.1, 0.15) is 27.7 Å². The smallest absolute Gasteiger partial charge is 0.0628 e. The average Bonchev–Trinajstić information content (AvgIpc) is 2.32. The molecule has 0 atom stereocenters. The van der Waals surface area contributed by atoms with Crippen LogP contribution in [0.25, 0.3) is 0 Å². The summed E-state index contributed by atoms with van der Waals surface area (Å²) in [5.74, 6) is 0. The van der Waals surface area contributed by atoms with Gasteiger partial charge in [-0.05, 0) is 63.1 Å². The quantitative estimate of drug-likeness (QED) is 0.727. The van der Waals surface area contributed by atoms with E-state index in [9.17, 15) is 0 Å². The summed E-state index contributed by atoms with van der Waals surface area (Å²) in [6.45, 7) is 8.50. The standard InChI is InChI=1S/C14H19N3/c1-9-10(2)12(4)17(16-11(9)3)14-7-5-13(15)6-8-14/h5-8,16H,15H2,1-4H3. The van der Waals surface area contributed by atoms with Gasteiger partial charge < -0.3 is 5.73 Å². The van der Waals surface area contributed by atoms with Crippen molar-refractivity contribution in [3.63, 3.8) is 0 Å². The molecular weight excluding hydrogens is 210 g/mol. The van der Waals surface area contributed by atoms with Crippen molar-refractivity contribution in [2.24, 2.45) is 0 Å². The Morgan fingerprint density at radius 2 is 1.53 bits per heavy atom. The molecule has 0 aromatic heterocycles. The zero-order valence-corrected chi connectivity index (χ0v) is 10.8. The van der Waals surface area contributed by atoms with Crippen molar-refractivity contribution >= 4 is 11.4 Å². The van der Waals surface area contributed by atoms with Gasteiger partial charge in [-0.15, -0.1) is 0 Å². The fraction of sp³-hybridized carbons (Fsp3) is 0.286. The first-order valence-corrected chi connectivity index (χ1v) is 5.78. The van der Waals surface area contributed by atoms with Crippen molar-refractivity contribution in [2.45, 2.75) is 27.7 Å². The average molecular weight is 229 g/mol. The molecule has 17 heavy (non-hydrogen) atoms. The SMILES string of the molecule is CC1=C(C)C(C)=C(C)N(c2ccc(N)cc2)N1. The summed E-state index contributed by atoms with van der Waals surface area (Å²) in [5, 5.41) is 2.09. The van der Waals surface area contributed by atoms with E-state index in [1.54, 1.807) is 0 Å². The molecule has 0 spiro atoms. The third-order valence-electron chi connectivity index (χ3n) is 3.43. The summed E-state index contributed by atoms with van der Waals surface area (Å²) < 4.78 is 0. The zero-order chi connectivity index (χ0) is 12.6. The van der Waals surface area contributed by atoms with Crippen LogP contribution in [0.5, 0.6) is 0 Å². The number of hydrazine groups is 1. The van der Waals surface area contributed by atoms with Crippen molar-refractivity contribution in [2.75, 3.05) is 10.7 Å². The van der Waals surface area contributed by atoms with Gasteiger partial charge in [0.1, 0.15) is 0 Å². The number of nitrogens with zero attached hydrogens (tertiary/aromatic N) is 1. The minimum Gasteiger partial charge on any atom is -0.399 e. The van der Waals surface area contributed by atoms with Crippen LogP contribution in [0, 0.1) is 0 Å². The lowest BCUT2D eigenvalue weighted by Crippen LogP contribution is -2.39. The van der Waals surface area contributed by atoms with Crippen molar-refractivity contribution < 1.29 is 0 Å². The lowest BCUT2D eigenvalue weighted by Gasteiger charge is -2.34. The number of rotatable bonds is 1. The molecule has 0 saturated heterocycles. The minimum atomic E-state index is 0.785. The topological polar surface area (TPSA) is 41.3 Å². The Hall–Kier alpha value is -1.90. The van der Waals surface area contributed by atoms with Crippen LogP contribution in [0.4, 0.5) is 11.4 Å². The highest BCUT2D eigenvalue weighted by atomic mass is 15.5. The lowest BCUT2D eigenvalue weighted by molar-refractivity contribution is 0.745. The summed E-state index contributed by atoms with van der Waals surface area (Å²) in [6, 6.07) is 7.88. The highest BCUT2D eigenvalue weighted by Gasteiger charge is 2.18. The monoisotopic (exact) mass is 229 g/mol. The Balaban J connectivity index is 2.40. The van der Waals surface area contributed by atoms with Gasteiger partial charge in [0.05, 0.1) is 5.69 Å². The zero-order valence-electron chi connectivity index (χ0n) is 10.8. The number of hydrogen-bond donors (Lipinski definition) is 2. The summed E-state index contributed by atoms with van der Waals surface area (Å²) in [7, 11) is 0. The first kappa shape index (κ1) is 11.6. The molecule has 3 heteroatoms. The van der Waals surface area contributed by atoms with Gasteiger partial charge in [0.25, 0.3) is 0 Å². The van der Waals surface area contributed by atoms with Gasteiger partial charge in [-0.1, -0.05) is 0 Å². The summed E-state index contributed by atoms with van der Waals surface area (Å²) in [6.07, 6.45) is 0. The maximum atomic E-state index is 5.71. The maximum Gasteiger partial charge on any atom is 0.0628 e. The molecule has 3 nitrogen and oxygen atoms in total. The molecule has 90 valence electrons. The Bertz CT molecular complexity index is 495. The maximum absolute atomic E-state index is 5.71. The minimum absolute atomic E-state index is 0.785. The summed E-state index contributed by atoms with van der Waals surface area (Å²) >= 11 is 0. The first-order chi connectivity index (χ1) is 8.00. The highest BCUT2D eigenvalue weighted by Crippen LogP contribution is 2.28. The second-order valence-electron chi connectivity index (χ2n) is 4.50. The Kier molecular flexibility index (Phi) is 2.84. The molecule has 2 rings (SSSR count). The number of hydrogen-bond acceptors (Lipinski definition) is 3. The molecule has 0 amide bonds. The first-order valence-electron chi connectivity index (χ1n) is 5.78. The second kappa shape index (κ2) is 4.17. The van der Waals surface area contributed by atoms with Gasteiger partial charge in [-0.3, -0.25) is 10.4 Å². The van der Waals surface area contributed by atoms with Crippen molar-refractivity contribution in [3.05, 3.63) is 46.8 Å². The number of nitrogen functional groups attached to an aromatic ring is 1. The third kappa shape index (κ3) is 2.00. The van der Waals surface area contributed by atoms with Gasteiger partial charge in [0.2, 0.25) is 0 Å². The molecule has 0 unspecified atom stereocenters. The van der Waals surface area contributed by atoms with Gasteiger partial charge in [-0.25, -0.2) is 0 Å². The van der Waals surface area contributed by atoms with Crippen molar-refractivity contribution in [3.8, 4) is 0 Å². The normalized spacial score (nSPS) is 16.4. The van der Waals surface area contributed by atoms with E-state index in [4.69, 9.17) is 5.73 Å². The fourth-order valence-corrected chi connectivity index (χ4v) is 1.94. The van der Waals surface area contributed by atoms with Crippen LogP contribution in [0.2, 0.25) is 0 Å². The van der Waals surface area contributed by atoms with Gasteiger partial charge in [0, 0.05) is 17.1 Å². The van der Waals surface area contributed by atoms with E-state index in [0.29, 0.717) is 0 Å². The molecule has 1 aliphatic rings. The molecule has 0 aliphatic carbocycles. The predicted molar refractivity (Wildman–Crippen MR) is 73.2 cm³/mol. The molecular formula is C14H19N3. The number of benzene rings is 1. The van der Waals surface area contributed by atoms with Crippen LogP contribution in [0.3, 0.4) is 0 Å². The third-order valence-corrected chi connectivity index (χ3v) is 3.43. The molecule has 0 bridgehead atoms. The fourth-order valence-electron chi connectivity index (χ4n) is 1.94. The molecule has 0 radical (unpaired) electrons. The van der Waals surface area contributed by atoms with Crippen LogP contribution in [0.15, 0.2) is 46.8 Å². The van der Waals surface area contributed by atoms with E-state index in [-0.39, 0.29) is 0 Å². The summed E-state index contributed by atoms with van der Waals surface area (Å²) in [5.41, 5.74) is 16.0. The van der Waals surface area contributed by atoms with Crippen LogP contribution in [-0.4, -0.2) is 0 Å². The van der Waals surface area contributed by atoms with E-state index in [1.807, 2.05) is 24.3 Å². The summed E-state index contributed by atoms with van der Waals surface area (Å²) in [4.78, 5) is 0. The van der Waals surface area contributed by atoms with Crippen LogP contribution < -0.4 is 16.2 Å². The highest BCUT2D eigenvalue weighted by molar-refractivity contribution is 5.59. The van der Waals surface area contributed by atoms with E-state index in [2.05, 4.69) is 38.1 Å². The van der Waals surface area contributed by atoms with Gasteiger partial charge in [-0.2, -0.15) is 0 Å². The molecule has 1 aromatic rings. The predicted octanol–water partition coefficient (Wildman–Crippen LogP) is 3.18. The Morgan fingerprint density at radius 1 is 0.941 bits per heavy atom. The lowest BCUT2D eigenvalue weighted by atomic mass is 10.0. The largest absolute Gasteiger partial charge is 0.399 e. The van der Waals surface area contributed by atoms with E-state index in [1.165, 1.54) is 22.5 Å². The van der Waals surface area contributed by atoms with Gasteiger partial charge >= 0.3 is 0 Å². The molecule has 1 aromatic carbocycles. The number of nitrogens with two attached hydrogens (primary N) is 1. The van der Waals surface area contributed by atoms with E-state index in [0.717, 1.165) is 11.4 Å². The Morgan fingerprint density at radius 3 is 2.12 bits per heavy atom. The molecule has 0 fully saturated rings. The molecule has 0 saturated carbocycles. The van der Waals surface area contributed by atoms with E-state index < -0.39 is 0 Å². The van der Waals surface area contributed by atoms with Gasteiger partial charge in [0.15, 0.2) is 0 Å². The Labute approximate surface area is 103 Å². The number of nitrogens with one attached hydrogen (secondary N) is 1. The second-order valence-corrected chi connectivity index (χ2v) is 4.50. The van der Waals surface area contributed by atoms with Crippen molar-refractivity contribution in [1.29, 1.82) is 0 Å². The van der Waals surface area contributed by atoms with Crippen molar-refractivity contribution in [1.82, 2.24) is 5.43 Å². The molecule has 1 aliphatic heterocycles. The van der Waals surface area contributed by atoms with Crippen LogP contribution in [-0.2, 0) is 0 Å². The van der Waals surface area contributed by atoms with E-state index >= 15 is 0 Å². The van der Waals surface area contributed by atoms with Crippen LogP contribution >= 0.6 is 0 Å². The molecule has 1 heterocycles. The number of anilines is 2. The molecule has 3 N–H and O–H groups in total. The number of allylic oxidation sites excluding steroid dienone is 4.